The van der Waals surface area contributed by atoms with Crippen LogP contribution >= 0.6 is 0 Å². The molecule has 26 heavy (non-hydrogen) atoms. The zero-order valence-electron chi connectivity index (χ0n) is 17.1. The van der Waals surface area contributed by atoms with E-state index in [9.17, 15) is 4.79 Å². The van der Waals surface area contributed by atoms with Crippen molar-refractivity contribution in [2.75, 3.05) is 32.8 Å². The highest BCUT2D eigenvalue weighted by Gasteiger charge is 2.49. The Hall–Kier alpha value is -1.30. The SMILES string of the molecule is CC1(C)COC(C2(N3CCCCC3)CCN(C(=O)OC(C)(C)C)CC2)=N1. The van der Waals surface area contributed by atoms with Gasteiger partial charge in [0.05, 0.1) is 5.54 Å². The summed E-state index contributed by atoms with van der Waals surface area (Å²) < 4.78 is 11.7. The molecule has 0 unspecified atom stereocenters. The van der Waals surface area contributed by atoms with Gasteiger partial charge in [-0.1, -0.05) is 6.42 Å². The Labute approximate surface area is 157 Å². The van der Waals surface area contributed by atoms with E-state index in [1.165, 1.54) is 19.3 Å². The van der Waals surface area contributed by atoms with Gasteiger partial charge in [0.15, 0.2) is 0 Å². The number of hydrogen-bond acceptors (Lipinski definition) is 5. The Morgan fingerprint density at radius 2 is 1.69 bits per heavy atom. The van der Waals surface area contributed by atoms with Gasteiger partial charge in [0.2, 0.25) is 5.90 Å². The molecule has 3 rings (SSSR count). The Morgan fingerprint density at radius 3 is 2.19 bits per heavy atom. The van der Waals surface area contributed by atoms with Crippen LogP contribution in [0, 0.1) is 0 Å². The smallest absolute Gasteiger partial charge is 0.410 e. The van der Waals surface area contributed by atoms with Crippen LogP contribution in [0.25, 0.3) is 0 Å². The number of ether oxygens (including phenoxy) is 2. The first kappa shape index (κ1) is 19.5. The molecule has 0 saturated carbocycles. The van der Waals surface area contributed by atoms with E-state index in [1.54, 1.807) is 0 Å². The molecule has 2 saturated heterocycles. The highest BCUT2D eigenvalue weighted by molar-refractivity contribution is 5.88. The van der Waals surface area contributed by atoms with Crippen LogP contribution in [0.1, 0.15) is 66.7 Å². The number of nitrogens with zero attached hydrogens (tertiary/aromatic N) is 3. The summed E-state index contributed by atoms with van der Waals surface area (Å²) in [5, 5.41) is 0. The lowest BCUT2D eigenvalue weighted by Gasteiger charge is -2.49. The largest absolute Gasteiger partial charge is 0.477 e. The lowest BCUT2D eigenvalue weighted by atomic mass is 9.83. The summed E-state index contributed by atoms with van der Waals surface area (Å²) in [4.78, 5) is 21.8. The van der Waals surface area contributed by atoms with E-state index in [-0.39, 0.29) is 17.2 Å². The second-order valence-corrected chi connectivity index (χ2v) is 9.56. The van der Waals surface area contributed by atoms with Crippen LogP contribution < -0.4 is 0 Å². The molecule has 6 heteroatoms. The molecule has 0 aromatic carbocycles. The first-order valence-electron chi connectivity index (χ1n) is 10.1. The molecule has 148 valence electrons. The zero-order chi connectivity index (χ0) is 19.0. The average molecular weight is 366 g/mol. The van der Waals surface area contributed by atoms with Crippen molar-refractivity contribution < 1.29 is 14.3 Å². The number of carbonyl (C=O) groups is 1. The van der Waals surface area contributed by atoms with Crippen molar-refractivity contribution in [1.82, 2.24) is 9.80 Å². The summed E-state index contributed by atoms with van der Waals surface area (Å²) in [7, 11) is 0. The van der Waals surface area contributed by atoms with Crippen molar-refractivity contribution in [3.8, 4) is 0 Å². The third kappa shape index (κ3) is 4.16. The second kappa shape index (κ2) is 7.02. The molecule has 3 heterocycles. The minimum atomic E-state index is -0.457. The van der Waals surface area contributed by atoms with Gasteiger partial charge in [-0.25, -0.2) is 9.79 Å². The molecule has 3 aliphatic heterocycles. The van der Waals surface area contributed by atoms with Crippen LogP contribution in [0.5, 0.6) is 0 Å². The molecule has 3 aliphatic rings. The van der Waals surface area contributed by atoms with E-state index in [4.69, 9.17) is 14.5 Å². The van der Waals surface area contributed by atoms with Crippen molar-refractivity contribution in [1.29, 1.82) is 0 Å². The van der Waals surface area contributed by atoms with Crippen LogP contribution in [0.15, 0.2) is 4.99 Å². The maximum Gasteiger partial charge on any atom is 0.410 e. The van der Waals surface area contributed by atoms with Crippen molar-refractivity contribution in [3.05, 3.63) is 0 Å². The predicted molar refractivity (Wildman–Crippen MR) is 103 cm³/mol. The summed E-state index contributed by atoms with van der Waals surface area (Å²) >= 11 is 0. The lowest BCUT2D eigenvalue weighted by Crippen LogP contribution is -2.62. The quantitative estimate of drug-likeness (QED) is 0.752. The number of hydrogen-bond donors (Lipinski definition) is 0. The van der Waals surface area contributed by atoms with Gasteiger partial charge >= 0.3 is 6.09 Å². The number of carbonyl (C=O) groups excluding carboxylic acids is 1. The first-order chi connectivity index (χ1) is 12.1. The molecule has 2 fully saturated rings. The van der Waals surface area contributed by atoms with E-state index >= 15 is 0 Å². The average Bonchev–Trinajstić information content (AvgIpc) is 2.94. The van der Waals surface area contributed by atoms with Crippen molar-refractivity contribution in [2.45, 2.75) is 83.4 Å². The molecule has 0 aromatic rings. The summed E-state index contributed by atoms with van der Waals surface area (Å²) in [5.41, 5.74) is -0.770. The van der Waals surface area contributed by atoms with E-state index in [1.807, 2.05) is 25.7 Å². The van der Waals surface area contributed by atoms with Gasteiger partial charge in [0, 0.05) is 13.1 Å². The fraction of sp³-hybridized carbons (Fsp3) is 0.900. The molecule has 1 amide bonds. The molecule has 0 bridgehead atoms. The molecular formula is C20H35N3O3. The van der Waals surface area contributed by atoms with E-state index in [0.717, 1.165) is 31.8 Å². The Bertz CT molecular complexity index is 551. The van der Waals surface area contributed by atoms with Gasteiger partial charge in [0.1, 0.15) is 17.7 Å². The lowest BCUT2D eigenvalue weighted by molar-refractivity contribution is 0.00142. The second-order valence-electron chi connectivity index (χ2n) is 9.56. The third-order valence-electron chi connectivity index (χ3n) is 5.57. The number of likely N-dealkylation sites (tertiary alicyclic amines) is 2. The molecule has 6 nitrogen and oxygen atoms in total. The zero-order valence-corrected chi connectivity index (χ0v) is 17.1. The number of amides is 1. The van der Waals surface area contributed by atoms with Gasteiger partial charge < -0.3 is 14.4 Å². The topological polar surface area (TPSA) is 54.4 Å². The third-order valence-corrected chi connectivity index (χ3v) is 5.57. The molecule has 0 spiro atoms. The molecule has 0 radical (unpaired) electrons. The van der Waals surface area contributed by atoms with Crippen molar-refractivity contribution in [3.63, 3.8) is 0 Å². The fourth-order valence-corrected chi connectivity index (χ4v) is 4.20. The Kier molecular flexibility index (Phi) is 5.26. The fourth-order valence-electron chi connectivity index (χ4n) is 4.20. The van der Waals surface area contributed by atoms with E-state index in [2.05, 4.69) is 18.7 Å². The Balaban J connectivity index is 1.76. The monoisotopic (exact) mass is 365 g/mol. The van der Waals surface area contributed by atoms with Gasteiger partial charge in [0.25, 0.3) is 0 Å². The highest BCUT2D eigenvalue weighted by atomic mass is 16.6. The number of piperidine rings is 2. The summed E-state index contributed by atoms with van der Waals surface area (Å²) in [6, 6.07) is 0. The van der Waals surface area contributed by atoms with E-state index in [0.29, 0.717) is 19.7 Å². The first-order valence-corrected chi connectivity index (χ1v) is 10.1. The van der Waals surface area contributed by atoms with Crippen LogP contribution in [-0.4, -0.2) is 71.3 Å². The molecule has 0 aliphatic carbocycles. The summed E-state index contributed by atoms with van der Waals surface area (Å²) in [5.74, 6) is 0.897. The molecular weight excluding hydrogens is 330 g/mol. The van der Waals surface area contributed by atoms with Crippen LogP contribution in [0.4, 0.5) is 4.79 Å². The molecule has 0 N–H and O–H groups in total. The number of rotatable bonds is 2. The van der Waals surface area contributed by atoms with Gasteiger partial charge in [-0.2, -0.15) is 0 Å². The minimum Gasteiger partial charge on any atom is -0.477 e. The van der Waals surface area contributed by atoms with Gasteiger partial charge in [-0.05, 0) is 73.4 Å². The van der Waals surface area contributed by atoms with Gasteiger partial charge in [-0.15, -0.1) is 0 Å². The van der Waals surface area contributed by atoms with Crippen LogP contribution in [-0.2, 0) is 9.47 Å². The van der Waals surface area contributed by atoms with E-state index < -0.39 is 5.60 Å². The predicted octanol–water partition coefficient (Wildman–Crippen LogP) is 3.45. The molecule has 0 aromatic heterocycles. The molecule has 0 atom stereocenters. The van der Waals surface area contributed by atoms with Crippen LogP contribution in [0.3, 0.4) is 0 Å². The summed E-state index contributed by atoms with van der Waals surface area (Å²) in [6.07, 6.45) is 5.28. The van der Waals surface area contributed by atoms with Crippen molar-refractivity contribution >= 4 is 12.0 Å². The minimum absolute atomic E-state index is 0.152. The maximum atomic E-state index is 12.5. The standard InChI is InChI=1S/C20H35N3O3/c1-18(2,3)26-17(24)22-13-9-20(10-14-22,23-11-7-6-8-12-23)16-21-19(4,5)15-25-16/h6-15H2,1-5H3. The Morgan fingerprint density at radius 1 is 1.08 bits per heavy atom. The summed E-state index contributed by atoms with van der Waals surface area (Å²) in [6.45, 7) is 14.2. The normalized spacial score (nSPS) is 26.2. The van der Waals surface area contributed by atoms with Crippen molar-refractivity contribution in [2.24, 2.45) is 4.99 Å². The number of aliphatic imine (C=N–C) groups is 1. The van der Waals surface area contributed by atoms with Gasteiger partial charge in [-0.3, -0.25) is 4.90 Å². The van der Waals surface area contributed by atoms with Crippen LogP contribution in [0.2, 0.25) is 0 Å². The maximum absolute atomic E-state index is 12.5. The highest BCUT2D eigenvalue weighted by Crippen LogP contribution is 2.37.